The second kappa shape index (κ2) is 11.1. The average molecular weight is 471 g/mol. The van der Waals surface area contributed by atoms with Crippen LogP contribution in [0.4, 0.5) is 0 Å². The van der Waals surface area contributed by atoms with Gasteiger partial charge in [-0.25, -0.2) is 0 Å². The van der Waals surface area contributed by atoms with Crippen LogP contribution < -0.4 is 0 Å². The summed E-state index contributed by atoms with van der Waals surface area (Å²) in [5.74, 6) is -1.62. The third kappa shape index (κ3) is 5.99. The smallest absolute Gasteiger partial charge is 0.310 e. The number of ether oxygens (including phenoxy) is 1. The summed E-state index contributed by atoms with van der Waals surface area (Å²) in [6.07, 6.45) is 1.38. The number of ketones is 1. The van der Waals surface area contributed by atoms with Gasteiger partial charge < -0.3 is 14.5 Å². The summed E-state index contributed by atoms with van der Waals surface area (Å²) in [4.78, 5) is 53.9. The molecule has 0 bridgehead atoms. The molecule has 3 rings (SSSR count). The maximum absolute atomic E-state index is 13.1. The molecule has 0 saturated carbocycles. The van der Waals surface area contributed by atoms with Crippen molar-refractivity contribution in [3.05, 3.63) is 70.2 Å². The van der Waals surface area contributed by atoms with Crippen LogP contribution >= 0.6 is 11.6 Å². The zero-order chi connectivity index (χ0) is 24.0. The lowest BCUT2D eigenvalue weighted by molar-refractivity contribution is -0.151. The first kappa shape index (κ1) is 24.5. The molecule has 174 valence electrons. The summed E-state index contributed by atoms with van der Waals surface area (Å²) in [7, 11) is 1.52. The fourth-order valence-electron chi connectivity index (χ4n) is 3.86. The van der Waals surface area contributed by atoms with Gasteiger partial charge in [0.25, 0.3) is 5.91 Å². The molecular formula is C25H27ClN2O5. The SMILES string of the molecule is CCOC(=O)C1CCCN(C(=O)CN(C)C(=O)c2ccccc2C(=O)c2ccc(Cl)cc2)C1. The Bertz CT molecular complexity index is 1040. The molecule has 2 aromatic carbocycles. The molecule has 1 heterocycles. The maximum atomic E-state index is 13.1. The van der Waals surface area contributed by atoms with Gasteiger partial charge >= 0.3 is 5.97 Å². The van der Waals surface area contributed by atoms with Gasteiger partial charge in [-0.1, -0.05) is 29.8 Å². The molecule has 0 aliphatic carbocycles. The second-order valence-corrected chi connectivity index (χ2v) is 8.41. The first-order chi connectivity index (χ1) is 15.8. The van der Waals surface area contributed by atoms with Gasteiger partial charge in [0.15, 0.2) is 5.78 Å². The van der Waals surface area contributed by atoms with Crippen molar-refractivity contribution in [2.45, 2.75) is 19.8 Å². The van der Waals surface area contributed by atoms with Crippen LogP contribution in [0.15, 0.2) is 48.5 Å². The molecule has 1 aliphatic heterocycles. The molecule has 1 aliphatic rings. The number of amides is 2. The Morgan fingerprint density at radius 1 is 1.06 bits per heavy atom. The minimum atomic E-state index is -0.430. The Labute approximate surface area is 198 Å². The number of likely N-dealkylation sites (tertiary alicyclic amines) is 1. The molecule has 2 aromatic rings. The molecule has 0 aromatic heterocycles. The standard InChI is InChI=1S/C25H27ClN2O5/c1-3-33-25(32)18-7-6-14-28(15-18)22(29)16-27(2)24(31)21-9-5-4-8-20(21)23(30)17-10-12-19(26)13-11-17/h4-5,8-13,18H,3,6-7,14-16H2,1-2H3. The van der Waals surface area contributed by atoms with Crippen molar-refractivity contribution in [1.82, 2.24) is 9.80 Å². The predicted octanol–water partition coefficient (Wildman–Crippen LogP) is 3.44. The van der Waals surface area contributed by atoms with Crippen molar-refractivity contribution >= 4 is 35.2 Å². The van der Waals surface area contributed by atoms with E-state index in [0.29, 0.717) is 36.6 Å². The lowest BCUT2D eigenvalue weighted by Gasteiger charge is -2.32. The van der Waals surface area contributed by atoms with Crippen molar-refractivity contribution in [1.29, 1.82) is 0 Å². The summed E-state index contributed by atoms with van der Waals surface area (Å²) in [6.45, 7) is 2.71. The molecule has 0 radical (unpaired) electrons. The molecule has 1 fully saturated rings. The Morgan fingerprint density at radius 3 is 2.39 bits per heavy atom. The third-order valence-corrected chi connectivity index (χ3v) is 5.87. The highest BCUT2D eigenvalue weighted by Crippen LogP contribution is 2.20. The molecule has 1 atom stereocenters. The Hall–Kier alpha value is -3.19. The van der Waals surface area contributed by atoms with E-state index in [0.717, 1.165) is 0 Å². The number of hydrogen-bond acceptors (Lipinski definition) is 5. The highest BCUT2D eigenvalue weighted by atomic mass is 35.5. The number of hydrogen-bond donors (Lipinski definition) is 0. The fourth-order valence-corrected chi connectivity index (χ4v) is 3.99. The van der Waals surface area contributed by atoms with Crippen molar-refractivity contribution in [3.8, 4) is 0 Å². The topological polar surface area (TPSA) is 84.0 Å². The molecule has 1 unspecified atom stereocenters. The van der Waals surface area contributed by atoms with Crippen LogP contribution in [0.25, 0.3) is 0 Å². The highest BCUT2D eigenvalue weighted by Gasteiger charge is 2.30. The van der Waals surface area contributed by atoms with Gasteiger partial charge in [-0.2, -0.15) is 0 Å². The summed E-state index contributed by atoms with van der Waals surface area (Å²) in [5, 5.41) is 0.511. The summed E-state index contributed by atoms with van der Waals surface area (Å²) in [6, 6.07) is 13.0. The molecule has 0 spiro atoms. The van der Waals surface area contributed by atoms with Crippen molar-refractivity contribution in [2.75, 3.05) is 33.3 Å². The number of carbonyl (C=O) groups excluding carboxylic acids is 4. The zero-order valence-corrected chi connectivity index (χ0v) is 19.5. The van der Waals surface area contributed by atoms with Crippen molar-refractivity contribution in [2.24, 2.45) is 5.92 Å². The predicted molar refractivity (Wildman–Crippen MR) is 124 cm³/mol. The van der Waals surface area contributed by atoms with Gasteiger partial charge in [0.1, 0.15) is 0 Å². The lowest BCUT2D eigenvalue weighted by Crippen LogP contribution is -2.47. The van der Waals surface area contributed by atoms with Crippen LogP contribution in [0.2, 0.25) is 5.02 Å². The van der Waals surface area contributed by atoms with E-state index in [2.05, 4.69) is 0 Å². The number of esters is 1. The fraction of sp³-hybridized carbons (Fsp3) is 0.360. The number of benzene rings is 2. The summed E-state index contributed by atoms with van der Waals surface area (Å²) >= 11 is 5.91. The minimum Gasteiger partial charge on any atom is -0.466 e. The Kier molecular flexibility index (Phi) is 8.22. The third-order valence-electron chi connectivity index (χ3n) is 5.62. The van der Waals surface area contributed by atoms with E-state index >= 15 is 0 Å². The van der Waals surface area contributed by atoms with Crippen LogP contribution in [0.3, 0.4) is 0 Å². The molecule has 2 amide bonds. The lowest BCUT2D eigenvalue weighted by atomic mass is 9.97. The van der Waals surface area contributed by atoms with Crippen LogP contribution in [-0.4, -0.2) is 66.7 Å². The van der Waals surface area contributed by atoms with E-state index in [1.807, 2.05) is 0 Å². The van der Waals surface area contributed by atoms with Gasteiger partial charge in [0.05, 0.1) is 24.6 Å². The number of halogens is 1. The second-order valence-electron chi connectivity index (χ2n) is 7.97. The molecule has 0 N–H and O–H groups in total. The number of piperidine rings is 1. The van der Waals surface area contributed by atoms with Crippen molar-refractivity contribution < 1.29 is 23.9 Å². The van der Waals surface area contributed by atoms with Crippen molar-refractivity contribution in [3.63, 3.8) is 0 Å². The number of nitrogens with zero attached hydrogens (tertiary/aromatic N) is 2. The first-order valence-corrected chi connectivity index (χ1v) is 11.3. The normalized spacial score (nSPS) is 15.6. The van der Waals surface area contributed by atoms with Gasteiger partial charge in [-0.05, 0) is 50.1 Å². The van der Waals surface area contributed by atoms with Gasteiger partial charge in [-0.3, -0.25) is 19.2 Å². The molecule has 33 heavy (non-hydrogen) atoms. The minimum absolute atomic E-state index is 0.155. The van der Waals surface area contributed by atoms with E-state index in [9.17, 15) is 19.2 Å². The molecule has 7 nitrogen and oxygen atoms in total. The van der Waals surface area contributed by atoms with E-state index in [-0.39, 0.29) is 47.8 Å². The molecule has 1 saturated heterocycles. The van der Waals surface area contributed by atoms with E-state index in [1.54, 1.807) is 60.4 Å². The van der Waals surface area contributed by atoms with Crippen LogP contribution in [-0.2, 0) is 14.3 Å². The van der Waals surface area contributed by atoms with Crippen LogP contribution in [0, 0.1) is 5.92 Å². The van der Waals surface area contributed by atoms with Crippen LogP contribution in [0.5, 0.6) is 0 Å². The number of carbonyl (C=O) groups is 4. The van der Waals surface area contributed by atoms with Gasteiger partial charge in [-0.15, -0.1) is 0 Å². The van der Waals surface area contributed by atoms with Gasteiger partial charge in [0.2, 0.25) is 5.91 Å². The summed E-state index contributed by atoms with van der Waals surface area (Å²) < 4.78 is 5.08. The zero-order valence-electron chi connectivity index (χ0n) is 18.8. The number of likely N-dealkylation sites (N-methyl/N-ethyl adjacent to an activating group) is 1. The van der Waals surface area contributed by atoms with Gasteiger partial charge in [0, 0.05) is 36.3 Å². The average Bonchev–Trinajstić information content (AvgIpc) is 2.83. The quantitative estimate of drug-likeness (QED) is 0.457. The largest absolute Gasteiger partial charge is 0.466 e. The maximum Gasteiger partial charge on any atom is 0.310 e. The van der Waals surface area contributed by atoms with E-state index in [1.165, 1.54) is 11.9 Å². The molecular weight excluding hydrogens is 444 g/mol. The molecule has 8 heteroatoms. The first-order valence-electron chi connectivity index (χ1n) is 10.9. The van der Waals surface area contributed by atoms with Crippen LogP contribution in [0.1, 0.15) is 46.0 Å². The number of rotatable bonds is 7. The highest BCUT2D eigenvalue weighted by molar-refractivity contribution is 6.30. The summed E-state index contributed by atoms with van der Waals surface area (Å²) in [5.41, 5.74) is 0.886. The monoisotopic (exact) mass is 470 g/mol. The van der Waals surface area contributed by atoms with E-state index in [4.69, 9.17) is 16.3 Å². The Balaban J connectivity index is 1.70. The van der Waals surface area contributed by atoms with E-state index < -0.39 is 5.91 Å². The Morgan fingerprint density at radius 2 is 1.73 bits per heavy atom.